The van der Waals surface area contributed by atoms with Crippen LogP contribution in [0, 0.1) is 0 Å². The van der Waals surface area contributed by atoms with Gasteiger partial charge in [-0.3, -0.25) is 4.68 Å². The van der Waals surface area contributed by atoms with Crippen LogP contribution < -0.4 is 25.6 Å². The van der Waals surface area contributed by atoms with Gasteiger partial charge < -0.3 is 24.8 Å². The Balaban J connectivity index is 1.59. The minimum absolute atomic E-state index is 0.0733. The number of rotatable bonds is 6. The Morgan fingerprint density at radius 2 is 1.77 bits per heavy atom. The zero-order chi connectivity index (χ0) is 28.8. The molecule has 0 aliphatic carbocycles. The van der Waals surface area contributed by atoms with Crippen LogP contribution in [-0.2, 0) is 24.2 Å². The average molecular weight is 572 g/mol. The molecule has 0 unspecified atom stereocenters. The Bertz CT molecular complexity index is 1630. The summed E-state index contributed by atoms with van der Waals surface area (Å²) in [5.41, 5.74) is 3.57. The summed E-state index contributed by atoms with van der Waals surface area (Å²) in [6, 6.07) is 10.3. The molecule has 210 valence electrons. The first kappa shape index (κ1) is 27.5. The van der Waals surface area contributed by atoms with Gasteiger partial charge in [0.1, 0.15) is 24.3 Å². The predicted molar refractivity (Wildman–Crippen MR) is 151 cm³/mol. The molecule has 5 rings (SSSR count). The second kappa shape index (κ2) is 10.2. The van der Waals surface area contributed by atoms with Crippen LogP contribution in [-0.4, -0.2) is 53.8 Å². The van der Waals surface area contributed by atoms with Crippen molar-refractivity contribution >= 4 is 41.3 Å². The van der Waals surface area contributed by atoms with Crippen LogP contribution in [0.5, 0.6) is 5.75 Å². The lowest BCUT2D eigenvalue weighted by molar-refractivity contribution is -0.137. The number of likely N-dealkylation sites (N-methyl/N-ethyl adjacent to an activating group) is 1. The fourth-order valence-corrected chi connectivity index (χ4v) is 5.94. The van der Waals surface area contributed by atoms with E-state index in [1.807, 2.05) is 30.9 Å². The van der Waals surface area contributed by atoms with Gasteiger partial charge in [-0.25, -0.2) is 4.98 Å². The number of ether oxygens (including phenoxy) is 1. The fraction of sp³-hybridized carbons (Fsp3) is 0.296. The lowest BCUT2D eigenvalue weighted by Gasteiger charge is -2.22. The Hall–Kier alpha value is -4.05. The summed E-state index contributed by atoms with van der Waals surface area (Å²) < 4.78 is 62.1. The summed E-state index contributed by atoms with van der Waals surface area (Å²) in [5, 5.41) is 10.6. The number of hydrogen-bond donors (Lipinski definition) is 2. The number of hydrogen-bond acceptors (Lipinski definition) is 8. The number of benzene rings is 2. The molecule has 2 N–H and O–H groups in total. The van der Waals surface area contributed by atoms with Crippen molar-refractivity contribution in [1.29, 1.82) is 0 Å². The maximum atomic E-state index is 13.9. The number of anilines is 5. The molecule has 0 fully saturated rings. The van der Waals surface area contributed by atoms with E-state index in [-0.39, 0.29) is 11.6 Å². The van der Waals surface area contributed by atoms with E-state index in [1.54, 1.807) is 43.8 Å². The molecule has 40 heavy (non-hydrogen) atoms. The first-order valence-corrected chi connectivity index (χ1v) is 15.0. The molecule has 1 aliphatic heterocycles. The van der Waals surface area contributed by atoms with Crippen molar-refractivity contribution in [3.63, 3.8) is 0 Å². The van der Waals surface area contributed by atoms with Crippen LogP contribution in [0.15, 0.2) is 48.8 Å². The van der Waals surface area contributed by atoms with Gasteiger partial charge in [-0.05, 0) is 31.5 Å². The minimum Gasteiger partial charge on any atom is -0.494 e. The van der Waals surface area contributed by atoms with Crippen molar-refractivity contribution in [3.8, 4) is 16.9 Å². The molecule has 1 aliphatic rings. The van der Waals surface area contributed by atoms with Gasteiger partial charge in [0, 0.05) is 67.1 Å². The molecule has 0 bridgehead atoms. The molecule has 0 spiro atoms. The number of nitrogens with zero attached hydrogens (tertiary/aromatic N) is 5. The number of aryl methyl sites for hydroxylation is 1. The van der Waals surface area contributed by atoms with Crippen molar-refractivity contribution in [3.05, 3.63) is 60.0 Å². The van der Waals surface area contributed by atoms with Gasteiger partial charge in [0.25, 0.3) is 0 Å². The zero-order valence-electron chi connectivity index (χ0n) is 22.7. The van der Waals surface area contributed by atoms with Crippen LogP contribution in [0.4, 0.5) is 42.0 Å². The summed E-state index contributed by atoms with van der Waals surface area (Å²) in [6.07, 6.45) is -1.40. The van der Waals surface area contributed by atoms with Gasteiger partial charge in [0.05, 0.1) is 24.7 Å². The van der Waals surface area contributed by atoms with E-state index in [4.69, 9.17) is 4.74 Å². The normalized spacial score (nSPS) is 13.3. The van der Waals surface area contributed by atoms with Crippen LogP contribution in [0.3, 0.4) is 0 Å². The molecular formula is C27H29F3N7O2P. The fourth-order valence-electron chi connectivity index (χ4n) is 4.79. The SMILES string of the molecule is COc1cc2c(cc1Nc1ncc(C(F)(F)F)c(Nc3ccccc3P(C)(C)=O)n1)-c1cnn(C)c1CCN2C. The predicted octanol–water partition coefficient (Wildman–Crippen LogP) is 5.63. The molecule has 0 radical (unpaired) electrons. The third kappa shape index (κ3) is 5.23. The van der Waals surface area contributed by atoms with Gasteiger partial charge in [-0.1, -0.05) is 12.1 Å². The summed E-state index contributed by atoms with van der Waals surface area (Å²) in [5.74, 6) is -0.0658. The summed E-state index contributed by atoms with van der Waals surface area (Å²) in [4.78, 5) is 10.3. The first-order chi connectivity index (χ1) is 18.9. The Labute approximate surface area is 229 Å². The molecule has 2 aromatic carbocycles. The number of aromatic nitrogens is 4. The quantitative estimate of drug-likeness (QED) is 0.288. The maximum Gasteiger partial charge on any atom is 0.421 e. The molecule has 2 aromatic heterocycles. The average Bonchev–Trinajstić information content (AvgIpc) is 3.19. The van der Waals surface area contributed by atoms with Crippen molar-refractivity contribution in [2.24, 2.45) is 7.05 Å². The maximum absolute atomic E-state index is 13.9. The molecule has 0 saturated heterocycles. The van der Waals surface area contributed by atoms with Crippen molar-refractivity contribution < 1.29 is 22.5 Å². The highest BCUT2D eigenvalue weighted by Crippen LogP contribution is 2.43. The number of fused-ring (bicyclic) bond motifs is 3. The van der Waals surface area contributed by atoms with Gasteiger partial charge in [-0.2, -0.15) is 23.3 Å². The van der Waals surface area contributed by atoms with E-state index < -0.39 is 24.7 Å². The van der Waals surface area contributed by atoms with Crippen molar-refractivity contribution in [2.45, 2.75) is 12.6 Å². The molecule has 9 nitrogen and oxygen atoms in total. The van der Waals surface area contributed by atoms with Crippen LogP contribution in [0.2, 0.25) is 0 Å². The van der Waals surface area contributed by atoms with Gasteiger partial charge in [0.2, 0.25) is 5.95 Å². The third-order valence-electron chi connectivity index (χ3n) is 6.84. The molecule has 4 aromatic rings. The summed E-state index contributed by atoms with van der Waals surface area (Å²) >= 11 is 0. The number of nitrogens with one attached hydrogen (secondary N) is 2. The first-order valence-electron chi connectivity index (χ1n) is 12.4. The highest BCUT2D eigenvalue weighted by atomic mass is 31.2. The van der Waals surface area contributed by atoms with Crippen molar-refractivity contribution in [1.82, 2.24) is 19.7 Å². The topological polar surface area (TPSA) is 97.2 Å². The monoisotopic (exact) mass is 571 g/mol. The van der Waals surface area contributed by atoms with E-state index in [0.717, 1.165) is 41.7 Å². The van der Waals surface area contributed by atoms with Crippen LogP contribution >= 0.6 is 7.14 Å². The molecule has 3 heterocycles. The van der Waals surface area contributed by atoms with E-state index >= 15 is 0 Å². The lowest BCUT2D eigenvalue weighted by atomic mass is 10.0. The standard InChI is InChI=1S/C27H29F3N7O2P/c1-36-11-10-21-17(14-32-37(21)2)16-12-20(23(39-3)13-22(16)36)34-26-31-15-18(27(28,29)30)25(35-26)33-19-8-6-7-9-24(19)40(4,5)38/h6-9,12-15H,10-11H2,1-5H3,(H2,31,33,34,35). The summed E-state index contributed by atoms with van der Waals surface area (Å²) in [6.45, 7) is 3.89. The second-order valence-electron chi connectivity index (χ2n) is 9.94. The number of methoxy groups -OCH3 is 1. The zero-order valence-corrected chi connectivity index (χ0v) is 23.6. The Morgan fingerprint density at radius 3 is 2.48 bits per heavy atom. The number of alkyl halides is 3. The third-order valence-corrected chi connectivity index (χ3v) is 8.39. The highest BCUT2D eigenvalue weighted by molar-refractivity contribution is 7.70. The van der Waals surface area contributed by atoms with Gasteiger partial charge in [-0.15, -0.1) is 0 Å². The lowest BCUT2D eigenvalue weighted by Crippen LogP contribution is -2.20. The minimum atomic E-state index is -4.72. The molecule has 0 atom stereocenters. The number of para-hydroxylation sites is 1. The molecule has 0 amide bonds. The molecule has 0 saturated carbocycles. The Morgan fingerprint density at radius 1 is 1.02 bits per heavy atom. The van der Waals surface area contributed by atoms with Gasteiger partial charge >= 0.3 is 6.18 Å². The van der Waals surface area contributed by atoms with Crippen LogP contribution in [0.25, 0.3) is 11.1 Å². The summed E-state index contributed by atoms with van der Waals surface area (Å²) in [7, 11) is 2.60. The van der Waals surface area contributed by atoms with Crippen LogP contribution in [0.1, 0.15) is 11.3 Å². The van der Waals surface area contributed by atoms with Gasteiger partial charge in [0.15, 0.2) is 0 Å². The second-order valence-corrected chi connectivity index (χ2v) is 13.1. The van der Waals surface area contributed by atoms with E-state index in [2.05, 4.69) is 30.6 Å². The van der Waals surface area contributed by atoms with Crippen molar-refractivity contribution in [2.75, 3.05) is 49.6 Å². The molecular weight excluding hydrogens is 542 g/mol. The Kier molecular flexibility index (Phi) is 6.99. The smallest absolute Gasteiger partial charge is 0.421 e. The van der Waals surface area contributed by atoms with E-state index in [1.165, 1.54) is 7.11 Å². The van der Waals surface area contributed by atoms with E-state index in [9.17, 15) is 17.7 Å². The largest absolute Gasteiger partial charge is 0.494 e. The molecule has 13 heteroatoms. The highest BCUT2D eigenvalue weighted by Gasteiger charge is 2.36. The van der Waals surface area contributed by atoms with E-state index in [0.29, 0.717) is 16.7 Å². The number of halogens is 3.